The van der Waals surface area contributed by atoms with Gasteiger partial charge in [0.25, 0.3) is 0 Å². The maximum absolute atomic E-state index is 13.4. The molecule has 1 atom stereocenters. The molecule has 0 saturated heterocycles. The van der Waals surface area contributed by atoms with Gasteiger partial charge >= 0.3 is 0 Å². The summed E-state index contributed by atoms with van der Waals surface area (Å²) < 4.78 is 5.46. The molecule has 10 nitrogen and oxygen atoms in total. The van der Waals surface area contributed by atoms with Crippen molar-refractivity contribution in [3.05, 3.63) is 0 Å². The molecule has 4 amide bonds. The average molecular weight is 578 g/mol. The first-order chi connectivity index (χ1) is 18.4. The topological polar surface area (TPSA) is 149 Å². The Morgan fingerprint density at radius 1 is 0.846 bits per heavy atom. The van der Waals surface area contributed by atoms with E-state index in [1.165, 1.54) is 6.66 Å². The molecule has 1 rings (SSSR count). The number of amides is 4. The summed E-state index contributed by atoms with van der Waals surface area (Å²) in [5.41, 5.74) is -1.04. The number of carbonyl (C=O) groups is 4. The van der Waals surface area contributed by atoms with Gasteiger partial charge in [0.05, 0.1) is 25.7 Å². The lowest BCUT2D eigenvalue weighted by atomic mass is 9.81. The first kappa shape index (κ1) is 34.2. The first-order valence-electron chi connectivity index (χ1n) is 12.8. The molecule has 214 valence electrons. The number of carbonyl (C=O) groups excluding carboxylic acids is 4. The van der Waals surface area contributed by atoms with Crippen molar-refractivity contribution in [3.8, 4) is 37.0 Å². The summed E-state index contributed by atoms with van der Waals surface area (Å²) in [7, 11) is 0. The fraction of sp³-hybridized carbons (Fsp3) is 0.630. The largest absolute Gasteiger partial charge is 0.801 e. The summed E-state index contributed by atoms with van der Waals surface area (Å²) in [4.78, 5) is 62.4. The lowest BCUT2D eigenvalue weighted by Gasteiger charge is -2.38. The van der Waals surface area contributed by atoms with Crippen LogP contribution in [0.5, 0.6) is 0 Å². The van der Waals surface area contributed by atoms with Crippen molar-refractivity contribution >= 4 is 41.9 Å². The van der Waals surface area contributed by atoms with Crippen LogP contribution >= 0.6 is 6.49 Å². The third-order valence-corrected chi connectivity index (χ3v) is 7.37. The summed E-state index contributed by atoms with van der Waals surface area (Å²) in [6.07, 6.45) is 18.0. The number of nitrogens with one attached hydrogen (secondary N) is 4. The average Bonchev–Trinajstić information content (AvgIpc) is 2.89. The molecule has 12 heteroatoms. The summed E-state index contributed by atoms with van der Waals surface area (Å²) in [5.74, 6) is 5.46. The van der Waals surface area contributed by atoms with Crippen molar-refractivity contribution in [3.63, 3.8) is 0 Å². The smallest absolute Gasteiger partial charge is 0.223 e. The van der Waals surface area contributed by atoms with Crippen LogP contribution in [0.3, 0.4) is 0 Å². The van der Waals surface area contributed by atoms with Gasteiger partial charge in [0.15, 0.2) is 0 Å². The molecule has 1 aliphatic rings. The molecule has 39 heavy (non-hydrogen) atoms. The maximum Gasteiger partial charge on any atom is 0.223 e. The van der Waals surface area contributed by atoms with Gasteiger partial charge in [-0.1, -0.05) is 29.6 Å². The van der Waals surface area contributed by atoms with Crippen LogP contribution in [0.4, 0.5) is 0 Å². The van der Waals surface area contributed by atoms with Crippen molar-refractivity contribution in [2.24, 2.45) is 5.92 Å². The quantitative estimate of drug-likeness (QED) is 0.152. The second kappa shape index (κ2) is 17.7. The Labute approximate surface area is 236 Å². The maximum atomic E-state index is 13.4. The zero-order chi connectivity index (χ0) is 29.3. The second-order valence-corrected chi connectivity index (χ2v) is 13.3. The van der Waals surface area contributed by atoms with Crippen molar-refractivity contribution in [1.29, 1.82) is 0 Å². The van der Waals surface area contributed by atoms with Gasteiger partial charge in [-0.3, -0.25) is 19.2 Å². The number of hydrogen-bond acceptors (Lipinski definition) is 7. The third-order valence-electron chi connectivity index (χ3n) is 6.43. The highest BCUT2D eigenvalue weighted by atomic mass is 32.5. The minimum atomic E-state index is -3.06. The third kappa shape index (κ3) is 14.7. The molecule has 1 unspecified atom stereocenters. The minimum Gasteiger partial charge on any atom is -0.801 e. The van der Waals surface area contributed by atoms with Crippen LogP contribution in [-0.2, 0) is 35.5 Å². The zero-order valence-corrected chi connectivity index (χ0v) is 24.1. The molecular weight excluding hydrogens is 539 g/mol. The molecule has 1 aliphatic carbocycles. The van der Waals surface area contributed by atoms with E-state index in [9.17, 15) is 24.1 Å². The Hall–Kier alpha value is -2.87. The Kier molecular flexibility index (Phi) is 15.5. The van der Waals surface area contributed by atoms with Gasteiger partial charge in [-0.15, -0.1) is 19.3 Å². The lowest BCUT2D eigenvalue weighted by molar-refractivity contribution is -0.185. The predicted octanol–water partition coefficient (Wildman–Crippen LogP) is 0.305. The molecule has 0 aromatic rings. The van der Waals surface area contributed by atoms with E-state index in [1.807, 2.05) is 0 Å². The van der Waals surface area contributed by atoms with Gasteiger partial charge in [-0.25, -0.2) is 0 Å². The highest BCUT2D eigenvalue weighted by molar-refractivity contribution is 8.08. The van der Waals surface area contributed by atoms with E-state index in [4.69, 9.17) is 35.6 Å². The van der Waals surface area contributed by atoms with Crippen molar-refractivity contribution < 1.29 is 28.6 Å². The normalized spacial score (nSPS) is 18.2. The Bertz CT molecular complexity index is 947. The molecule has 0 aliphatic heterocycles. The number of terminal acetylenes is 3. The SMILES string of the molecule is C#CCNC(=O)CCC(CCC(=O)NCC#C)(CCC(=O)NCC#C)NC(=O)C1CCC(OP(C)([O-])=S)CC1. The fourth-order valence-corrected chi connectivity index (χ4v) is 5.52. The highest BCUT2D eigenvalue weighted by Gasteiger charge is 2.36. The Balaban J connectivity index is 3.09. The van der Waals surface area contributed by atoms with Crippen LogP contribution in [0, 0.1) is 42.9 Å². The second-order valence-electron chi connectivity index (χ2n) is 9.56. The molecule has 0 radical (unpaired) electrons. The van der Waals surface area contributed by atoms with Crippen LogP contribution in [0.25, 0.3) is 0 Å². The monoisotopic (exact) mass is 577 g/mol. The number of rotatable bonds is 16. The van der Waals surface area contributed by atoms with Gasteiger partial charge in [-0.2, -0.15) is 0 Å². The van der Waals surface area contributed by atoms with Gasteiger partial charge in [-0.05, 0) is 58.1 Å². The van der Waals surface area contributed by atoms with Crippen LogP contribution in [0.2, 0.25) is 0 Å². The molecule has 4 N–H and O–H groups in total. The molecule has 0 aromatic heterocycles. The zero-order valence-electron chi connectivity index (χ0n) is 22.4. The summed E-state index contributed by atoms with van der Waals surface area (Å²) in [6.45, 7) is -1.50. The van der Waals surface area contributed by atoms with Crippen molar-refractivity contribution in [2.75, 3.05) is 26.3 Å². The van der Waals surface area contributed by atoms with E-state index in [0.29, 0.717) is 25.7 Å². The standard InChI is InChI=1S/C27H39N4O6PS/c1-5-18-28-23(32)12-15-27(16-13-24(33)29-19-6-2,17-14-25(34)30-20-7-3)31-26(35)21-8-10-22(11-9-21)37-38(4,36)39/h1-3,21-22H,8-20H2,4H3,(H,28,32)(H,29,33)(H,30,34)(H,31,35)(H,36,39)/p-1. The van der Waals surface area contributed by atoms with E-state index >= 15 is 0 Å². The van der Waals surface area contributed by atoms with E-state index in [2.05, 4.69) is 39.0 Å². The lowest BCUT2D eigenvalue weighted by Crippen LogP contribution is -2.52. The molecule has 1 fully saturated rings. The fourth-order valence-electron chi connectivity index (χ4n) is 4.40. The van der Waals surface area contributed by atoms with Crippen LogP contribution in [0.1, 0.15) is 64.2 Å². The summed E-state index contributed by atoms with van der Waals surface area (Å²) >= 11 is 4.87. The van der Waals surface area contributed by atoms with Gasteiger partial charge in [0.1, 0.15) is 0 Å². The van der Waals surface area contributed by atoms with Gasteiger partial charge in [0.2, 0.25) is 23.6 Å². The highest BCUT2D eigenvalue weighted by Crippen LogP contribution is 2.39. The summed E-state index contributed by atoms with van der Waals surface area (Å²) in [5, 5.41) is 10.9. The summed E-state index contributed by atoms with van der Waals surface area (Å²) in [6, 6.07) is 0. The van der Waals surface area contributed by atoms with Crippen LogP contribution in [0.15, 0.2) is 0 Å². The molecule has 1 saturated carbocycles. The molecule has 0 heterocycles. The van der Waals surface area contributed by atoms with E-state index in [-0.39, 0.29) is 93.8 Å². The van der Waals surface area contributed by atoms with Gasteiger partial charge in [0, 0.05) is 30.7 Å². The van der Waals surface area contributed by atoms with Crippen LogP contribution < -0.4 is 26.2 Å². The molecule has 0 aromatic carbocycles. The van der Waals surface area contributed by atoms with Gasteiger partial charge < -0.3 is 30.7 Å². The van der Waals surface area contributed by atoms with Crippen molar-refractivity contribution in [1.82, 2.24) is 21.3 Å². The van der Waals surface area contributed by atoms with E-state index in [0.717, 1.165) is 0 Å². The molecular formula is C27H38N4O6PS-. The first-order valence-corrected chi connectivity index (χ1v) is 15.9. The van der Waals surface area contributed by atoms with E-state index in [1.54, 1.807) is 0 Å². The molecule has 0 spiro atoms. The minimum absolute atomic E-state index is 0.0190. The van der Waals surface area contributed by atoms with Crippen LogP contribution in [-0.4, -0.2) is 61.6 Å². The molecule has 0 bridgehead atoms. The Morgan fingerprint density at radius 2 is 1.23 bits per heavy atom. The number of hydrogen-bond donors (Lipinski definition) is 4. The predicted molar refractivity (Wildman–Crippen MR) is 151 cm³/mol. The van der Waals surface area contributed by atoms with E-state index < -0.39 is 12.0 Å². The Morgan fingerprint density at radius 3 is 1.56 bits per heavy atom. The van der Waals surface area contributed by atoms with Crippen molar-refractivity contribution in [2.45, 2.75) is 75.9 Å².